The maximum atomic E-state index is 4.41. The van der Waals surface area contributed by atoms with Crippen LogP contribution in [0.5, 0.6) is 0 Å². The highest BCUT2D eigenvalue weighted by Gasteiger charge is 2.22. The lowest BCUT2D eigenvalue weighted by Gasteiger charge is -2.12. The molecule has 1 aliphatic rings. The normalized spacial score (nSPS) is 14.7. The van der Waals surface area contributed by atoms with Crippen molar-refractivity contribution in [2.24, 2.45) is 0 Å². The summed E-state index contributed by atoms with van der Waals surface area (Å²) in [5.74, 6) is 1.69. The molecule has 0 saturated heterocycles. The van der Waals surface area contributed by atoms with Crippen molar-refractivity contribution in [2.75, 3.05) is 5.32 Å². The van der Waals surface area contributed by atoms with E-state index in [-0.39, 0.29) is 0 Å². The smallest absolute Gasteiger partial charge is 0.203 e. The van der Waals surface area contributed by atoms with Crippen LogP contribution in [0.1, 0.15) is 17.0 Å². The van der Waals surface area contributed by atoms with Gasteiger partial charge in [0.2, 0.25) is 5.65 Å². The van der Waals surface area contributed by atoms with Crippen molar-refractivity contribution in [3.05, 3.63) is 53.6 Å². The van der Waals surface area contributed by atoms with Gasteiger partial charge in [0.15, 0.2) is 5.82 Å². The molecule has 0 atom stereocenters. The van der Waals surface area contributed by atoms with E-state index in [1.807, 2.05) is 17.5 Å². The number of fused-ring (bicyclic) bond motifs is 2. The third-order valence-electron chi connectivity index (χ3n) is 3.89. The van der Waals surface area contributed by atoms with Crippen molar-refractivity contribution in [2.45, 2.75) is 25.8 Å². The molecule has 2 heterocycles. The van der Waals surface area contributed by atoms with Crippen molar-refractivity contribution in [3.63, 3.8) is 0 Å². The van der Waals surface area contributed by atoms with Crippen LogP contribution in [0.2, 0.25) is 0 Å². The van der Waals surface area contributed by atoms with Gasteiger partial charge in [0, 0.05) is 18.4 Å². The van der Waals surface area contributed by atoms with Crippen LogP contribution in [-0.2, 0) is 12.8 Å². The van der Waals surface area contributed by atoms with E-state index < -0.39 is 0 Å². The molecule has 1 aliphatic carbocycles. The minimum Gasteiger partial charge on any atom is -0.364 e. The molecule has 0 aliphatic heterocycles. The van der Waals surface area contributed by atoms with Gasteiger partial charge in [-0.05, 0) is 30.9 Å². The molecule has 4 rings (SSSR count). The van der Waals surface area contributed by atoms with Crippen LogP contribution in [0, 0.1) is 6.92 Å². The van der Waals surface area contributed by atoms with E-state index in [0.29, 0.717) is 6.04 Å². The Morgan fingerprint density at radius 1 is 1.15 bits per heavy atom. The average molecular weight is 265 g/mol. The van der Waals surface area contributed by atoms with Crippen molar-refractivity contribution in [3.8, 4) is 0 Å². The number of aryl methyl sites for hydroxylation is 1. The molecule has 2 aromatic heterocycles. The molecular weight excluding hydrogens is 250 g/mol. The molecule has 0 amide bonds. The van der Waals surface area contributed by atoms with Crippen LogP contribution in [0.15, 0.2) is 36.7 Å². The number of hydrogen-bond donors (Lipinski definition) is 1. The summed E-state index contributed by atoms with van der Waals surface area (Å²) in [6, 6.07) is 8.98. The molecular formula is C15H15N5. The van der Waals surface area contributed by atoms with Gasteiger partial charge < -0.3 is 5.32 Å². The molecule has 0 spiro atoms. The second kappa shape index (κ2) is 4.30. The Kier molecular flexibility index (Phi) is 2.45. The third-order valence-corrected chi connectivity index (χ3v) is 3.89. The Morgan fingerprint density at radius 2 is 1.90 bits per heavy atom. The topological polar surface area (TPSA) is 55.1 Å². The average Bonchev–Trinajstić information content (AvgIpc) is 3.03. The highest BCUT2D eigenvalue weighted by atomic mass is 15.3. The van der Waals surface area contributed by atoms with E-state index in [0.717, 1.165) is 30.1 Å². The van der Waals surface area contributed by atoms with E-state index in [4.69, 9.17) is 0 Å². The van der Waals surface area contributed by atoms with Gasteiger partial charge >= 0.3 is 0 Å². The quantitative estimate of drug-likeness (QED) is 0.770. The number of nitrogens with zero attached hydrogens (tertiary/aromatic N) is 4. The predicted molar refractivity (Wildman–Crippen MR) is 76.8 cm³/mol. The highest BCUT2D eigenvalue weighted by molar-refractivity contribution is 5.62. The fourth-order valence-electron chi connectivity index (χ4n) is 2.90. The Morgan fingerprint density at radius 3 is 2.65 bits per heavy atom. The van der Waals surface area contributed by atoms with Crippen LogP contribution in [-0.4, -0.2) is 25.6 Å². The zero-order chi connectivity index (χ0) is 13.5. The van der Waals surface area contributed by atoms with E-state index in [1.54, 1.807) is 6.20 Å². The van der Waals surface area contributed by atoms with Crippen molar-refractivity contribution in [1.29, 1.82) is 0 Å². The van der Waals surface area contributed by atoms with Crippen molar-refractivity contribution >= 4 is 11.5 Å². The first kappa shape index (κ1) is 11.4. The largest absolute Gasteiger partial charge is 0.364 e. The molecule has 5 nitrogen and oxygen atoms in total. The summed E-state index contributed by atoms with van der Waals surface area (Å²) >= 11 is 0. The van der Waals surface area contributed by atoms with Gasteiger partial charge in [-0.25, -0.2) is 4.98 Å². The SMILES string of the molecule is Cc1nnc2c(NC3Cc4ccccc4C3)nccn12. The summed E-state index contributed by atoms with van der Waals surface area (Å²) in [7, 11) is 0. The summed E-state index contributed by atoms with van der Waals surface area (Å²) < 4.78 is 1.96. The Labute approximate surface area is 116 Å². The van der Waals surface area contributed by atoms with Gasteiger partial charge in [0.25, 0.3) is 0 Å². The third kappa shape index (κ3) is 1.74. The molecule has 0 fully saturated rings. The van der Waals surface area contributed by atoms with Crippen LogP contribution in [0.3, 0.4) is 0 Å². The van der Waals surface area contributed by atoms with Crippen molar-refractivity contribution in [1.82, 2.24) is 19.6 Å². The van der Waals surface area contributed by atoms with E-state index in [1.165, 1.54) is 11.1 Å². The maximum Gasteiger partial charge on any atom is 0.203 e. The lowest BCUT2D eigenvalue weighted by molar-refractivity contribution is 0.768. The van der Waals surface area contributed by atoms with E-state index in [2.05, 4.69) is 44.8 Å². The van der Waals surface area contributed by atoms with Crippen LogP contribution in [0.4, 0.5) is 5.82 Å². The fraction of sp³-hybridized carbons (Fsp3) is 0.267. The van der Waals surface area contributed by atoms with Gasteiger partial charge in [-0.2, -0.15) is 0 Å². The number of aromatic nitrogens is 4. The van der Waals surface area contributed by atoms with Crippen LogP contribution in [0.25, 0.3) is 5.65 Å². The van der Waals surface area contributed by atoms with Crippen molar-refractivity contribution < 1.29 is 0 Å². The maximum absolute atomic E-state index is 4.41. The molecule has 0 saturated carbocycles. The van der Waals surface area contributed by atoms with Gasteiger partial charge in [-0.1, -0.05) is 24.3 Å². The number of anilines is 1. The fourth-order valence-corrected chi connectivity index (χ4v) is 2.90. The lowest BCUT2D eigenvalue weighted by atomic mass is 10.1. The molecule has 20 heavy (non-hydrogen) atoms. The van der Waals surface area contributed by atoms with E-state index >= 15 is 0 Å². The molecule has 0 bridgehead atoms. The summed E-state index contributed by atoms with van der Waals surface area (Å²) in [5.41, 5.74) is 3.64. The number of benzene rings is 1. The van der Waals surface area contributed by atoms with E-state index in [9.17, 15) is 0 Å². The molecule has 5 heteroatoms. The summed E-state index contributed by atoms with van der Waals surface area (Å²) in [6.45, 7) is 1.94. The summed E-state index contributed by atoms with van der Waals surface area (Å²) in [6.07, 6.45) is 5.74. The first-order valence-electron chi connectivity index (χ1n) is 6.81. The number of nitrogens with one attached hydrogen (secondary N) is 1. The molecule has 100 valence electrons. The van der Waals surface area contributed by atoms with Gasteiger partial charge in [-0.15, -0.1) is 10.2 Å². The Hall–Kier alpha value is -2.43. The lowest BCUT2D eigenvalue weighted by Crippen LogP contribution is -2.20. The predicted octanol–water partition coefficient (Wildman–Crippen LogP) is 2.01. The molecule has 1 aromatic carbocycles. The molecule has 3 aromatic rings. The van der Waals surface area contributed by atoms with Gasteiger partial charge in [0.05, 0.1) is 0 Å². The summed E-state index contributed by atoms with van der Waals surface area (Å²) in [4.78, 5) is 4.41. The first-order valence-corrected chi connectivity index (χ1v) is 6.81. The zero-order valence-corrected chi connectivity index (χ0v) is 11.2. The number of hydrogen-bond acceptors (Lipinski definition) is 4. The second-order valence-corrected chi connectivity index (χ2v) is 5.23. The Bertz CT molecular complexity index is 752. The van der Waals surface area contributed by atoms with Crippen LogP contribution >= 0.6 is 0 Å². The number of rotatable bonds is 2. The standard InChI is InChI=1S/C15H15N5/c1-10-18-19-15-14(16-6-7-20(10)15)17-13-8-11-4-2-3-5-12(11)9-13/h2-7,13H,8-9H2,1H3,(H,16,17). The minimum atomic E-state index is 0.378. The molecule has 1 N–H and O–H groups in total. The highest BCUT2D eigenvalue weighted by Crippen LogP contribution is 2.24. The van der Waals surface area contributed by atoms with Crippen LogP contribution < -0.4 is 5.32 Å². The molecule has 0 radical (unpaired) electrons. The monoisotopic (exact) mass is 265 g/mol. The van der Waals surface area contributed by atoms with Gasteiger partial charge in [-0.3, -0.25) is 4.40 Å². The second-order valence-electron chi connectivity index (χ2n) is 5.23. The zero-order valence-electron chi connectivity index (χ0n) is 11.2. The summed E-state index contributed by atoms with van der Waals surface area (Å²) in [5, 5.41) is 11.8. The Balaban J connectivity index is 1.64. The van der Waals surface area contributed by atoms with Gasteiger partial charge in [0.1, 0.15) is 5.82 Å². The minimum absolute atomic E-state index is 0.378. The first-order chi connectivity index (χ1) is 9.81. The molecule has 0 unspecified atom stereocenters.